The van der Waals surface area contributed by atoms with Crippen LogP contribution in [-0.4, -0.2) is 26.4 Å². The van der Waals surface area contributed by atoms with Crippen LogP contribution in [-0.2, 0) is 10.3 Å². The summed E-state index contributed by atoms with van der Waals surface area (Å²) in [5, 5.41) is 4.03. The zero-order chi connectivity index (χ0) is 11.7. The van der Waals surface area contributed by atoms with Crippen LogP contribution >= 0.6 is 0 Å². The van der Waals surface area contributed by atoms with E-state index in [-0.39, 0.29) is 5.41 Å². The number of aromatic nitrogens is 4. The van der Waals surface area contributed by atoms with Crippen molar-refractivity contribution >= 4 is 0 Å². The molecule has 6 heteroatoms. The Balaban J connectivity index is 1.86. The number of pyridine rings is 1. The van der Waals surface area contributed by atoms with Crippen LogP contribution in [0.15, 0.2) is 31.0 Å². The normalized spacial score (nSPS) is 17.0. The molecule has 0 aliphatic heterocycles. The third-order valence-corrected chi connectivity index (χ3v) is 3.23. The minimum absolute atomic E-state index is 0.0860. The fourth-order valence-electron chi connectivity index (χ4n) is 1.99. The fraction of sp³-hybridized carbons (Fsp3) is 0.364. The van der Waals surface area contributed by atoms with Crippen molar-refractivity contribution in [3.63, 3.8) is 0 Å². The van der Waals surface area contributed by atoms with E-state index >= 15 is 0 Å². The van der Waals surface area contributed by atoms with Gasteiger partial charge in [-0.15, -0.1) is 0 Å². The van der Waals surface area contributed by atoms with Crippen LogP contribution in [0.1, 0.15) is 18.4 Å². The van der Waals surface area contributed by atoms with Crippen molar-refractivity contribution in [3.8, 4) is 5.82 Å². The lowest BCUT2D eigenvalue weighted by Crippen LogP contribution is -2.18. The van der Waals surface area contributed by atoms with Gasteiger partial charge < -0.3 is 4.84 Å². The van der Waals surface area contributed by atoms with Crippen molar-refractivity contribution in [2.24, 2.45) is 5.90 Å². The SMILES string of the molecule is NOCC1(c2ccc(-n3cncn3)nc2)CC1. The van der Waals surface area contributed by atoms with Gasteiger partial charge in [0, 0.05) is 11.6 Å². The van der Waals surface area contributed by atoms with Crippen LogP contribution < -0.4 is 5.90 Å². The predicted molar refractivity (Wildman–Crippen MR) is 60.2 cm³/mol. The van der Waals surface area contributed by atoms with E-state index in [4.69, 9.17) is 10.7 Å². The van der Waals surface area contributed by atoms with Crippen molar-refractivity contribution < 1.29 is 4.84 Å². The van der Waals surface area contributed by atoms with Crippen LogP contribution in [0.3, 0.4) is 0 Å². The predicted octanol–water partition coefficient (Wildman–Crippen LogP) is 0.584. The molecule has 1 aliphatic rings. The molecule has 1 saturated carbocycles. The first-order valence-electron chi connectivity index (χ1n) is 5.47. The zero-order valence-electron chi connectivity index (χ0n) is 9.28. The van der Waals surface area contributed by atoms with Gasteiger partial charge >= 0.3 is 0 Å². The average Bonchev–Trinajstić information content (AvgIpc) is 2.94. The van der Waals surface area contributed by atoms with Gasteiger partial charge in [0.05, 0.1) is 6.61 Å². The molecule has 0 bridgehead atoms. The van der Waals surface area contributed by atoms with E-state index in [9.17, 15) is 0 Å². The maximum absolute atomic E-state index is 5.16. The highest BCUT2D eigenvalue weighted by Gasteiger charge is 2.44. The van der Waals surface area contributed by atoms with Gasteiger partial charge in [-0.2, -0.15) is 5.10 Å². The van der Waals surface area contributed by atoms with Crippen LogP contribution in [0.5, 0.6) is 0 Å². The number of nitrogens with two attached hydrogens (primary N) is 1. The summed E-state index contributed by atoms with van der Waals surface area (Å²) in [4.78, 5) is 13.0. The molecule has 0 atom stereocenters. The lowest BCUT2D eigenvalue weighted by atomic mass is 9.99. The van der Waals surface area contributed by atoms with E-state index in [0.717, 1.165) is 18.7 Å². The van der Waals surface area contributed by atoms with Crippen LogP contribution in [0, 0.1) is 0 Å². The highest BCUT2D eigenvalue weighted by atomic mass is 16.6. The summed E-state index contributed by atoms with van der Waals surface area (Å²) in [5.41, 5.74) is 1.26. The Morgan fingerprint density at radius 3 is 2.82 bits per heavy atom. The first-order valence-corrected chi connectivity index (χ1v) is 5.47. The minimum atomic E-state index is 0.0860. The Morgan fingerprint density at radius 2 is 2.29 bits per heavy atom. The molecule has 2 aromatic rings. The third-order valence-electron chi connectivity index (χ3n) is 3.23. The number of hydrogen-bond acceptors (Lipinski definition) is 5. The van der Waals surface area contributed by atoms with E-state index in [1.54, 1.807) is 11.0 Å². The molecule has 6 nitrogen and oxygen atoms in total. The maximum atomic E-state index is 5.16. The van der Waals surface area contributed by atoms with Gasteiger partial charge in [0.2, 0.25) is 0 Å². The van der Waals surface area contributed by atoms with Gasteiger partial charge in [-0.3, -0.25) is 0 Å². The Hall–Kier alpha value is -1.79. The molecule has 17 heavy (non-hydrogen) atoms. The molecular formula is C11H13N5O. The second-order valence-corrected chi connectivity index (χ2v) is 4.34. The molecule has 0 spiro atoms. The topological polar surface area (TPSA) is 78.9 Å². The third kappa shape index (κ3) is 1.81. The summed E-state index contributed by atoms with van der Waals surface area (Å²) < 4.78 is 1.63. The number of hydrogen-bond donors (Lipinski definition) is 1. The highest BCUT2D eigenvalue weighted by molar-refractivity contribution is 5.33. The monoisotopic (exact) mass is 231 g/mol. The van der Waals surface area contributed by atoms with Gasteiger partial charge in [0.15, 0.2) is 5.82 Å². The quantitative estimate of drug-likeness (QED) is 0.779. The zero-order valence-corrected chi connectivity index (χ0v) is 9.28. The molecule has 2 aromatic heterocycles. The second-order valence-electron chi connectivity index (χ2n) is 4.34. The molecule has 0 unspecified atom stereocenters. The van der Waals surface area contributed by atoms with Gasteiger partial charge in [-0.25, -0.2) is 20.5 Å². The molecule has 0 saturated heterocycles. The second kappa shape index (κ2) is 3.90. The molecule has 1 fully saturated rings. The standard InChI is InChI=1S/C11H13N5O/c12-17-6-11(3-4-11)9-1-2-10(14-5-9)16-8-13-7-15-16/h1-2,5,7-8H,3-4,6,12H2. The summed E-state index contributed by atoms with van der Waals surface area (Å²) in [6.45, 7) is 0.553. The van der Waals surface area contributed by atoms with Crippen molar-refractivity contribution in [2.45, 2.75) is 18.3 Å². The minimum Gasteiger partial charge on any atom is -0.304 e. The molecule has 3 rings (SSSR count). The number of rotatable bonds is 4. The maximum Gasteiger partial charge on any atom is 0.155 e. The van der Waals surface area contributed by atoms with Crippen molar-refractivity contribution in [2.75, 3.05) is 6.61 Å². The van der Waals surface area contributed by atoms with Crippen LogP contribution in [0.4, 0.5) is 0 Å². The molecule has 88 valence electrons. The van der Waals surface area contributed by atoms with E-state index in [1.165, 1.54) is 11.9 Å². The Morgan fingerprint density at radius 1 is 1.41 bits per heavy atom. The summed E-state index contributed by atoms with van der Waals surface area (Å²) in [7, 11) is 0. The Labute approximate surface area is 98.4 Å². The van der Waals surface area contributed by atoms with E-state index in [1.807, 2.05) is 12.3 Å². The van der Waals surface area contributed by atoms with E-state index < -0.39 is 0 Å². The largest absolute Gasteiger partial charge is 0.304 e. The smallest absolute Gasteiger partial charge is 0.155 e. The molecule has 1 aliphatic carbocycles. The summed E-state index contributed by atoms with van der Waals surface area (Å²) in [5.74, 6) is 5.92. The lowest BCUT2D eigenvalue weighted by Gasteiger charge is -2.13. The Bertz CT molecular complexity index is 489. The summed E-state index contributed by atoms with van der Waals surface area (Å²) >= 11 is 0. The highest BCUT2D eigenvalue weighted by Crippen LogP contribution is 2.47. The van der Waals surface area contributed by atoms with Crippen molar-refractivity contribution in [1.82, 2.24) is 19.7 Å². The van der Waals surface area contributed by atoms with Gasteiger partial charge in [-0.05, 0) is 24.5 Å². The van der Waals surface area contributed by atoms with Crippen molar-refractivity contribution in [3.05, 3.63) is 36.5 Å². The first-order chi connectivity index (χ1) is 8.34. The van der Waals surface area contributed by atoms with E-state index in [2.05, 4.69) is 21.1 Å². The summed E-state index contributed by atoms with van der Waals surface area (Å²) in [6, 6.07) is 3.98. The van der Waals surface area contributed by atoms with Crippen LogP contribution in [0.25, 0.3) is 5.82 Å². The lowest BCUT2D eigenvalue weighted by molar-refractivity contribution is 0.116. The number of nitrogens with zero attached hydrogens (tertiary/aromatic N) is 4. The van der Waals surface area contributed by atoms with Crippen LogP contribution in [0.2, 0.25) is 0 Å². The van der Waals surface area contributed by atoms with E-state index in [0.29, 0.717) is 6.61 Å². The Kier molecular flexibility index (Phi) is 2.38. The fourth-order valence-corrected chi connectivity index (χ4v) is 1.99. The summed E-state index contributed by atoms with van der Waals surface area (Å²) in [6.07, 6.45) is 7.18. The molecule has 0 radical (unpaired) electrons. The molecule has 0 amide bonds. The molecule has 2 N–H and O–H groups in total. The molecular weight excluding hydrogens is 218 g/mol. The molecule has 2 heterocycles. The van der Waals surface area contributed by atoms with Gasteiger partial charge in [-0.1, -0.05) is 6.07 Å². The van der Waals surface area contributed by atoms with Crippen molar-refractivity contribution in [1.29, 1.82) is 0 Å². The average molecular weight is 231 g/mol. The van der Waals surface area contributed by atoms with Gasteiger partial charge in [0.25, 0.3) is 0 Å². The first kappa shape index (κ1) is 10.4. The van der Waals surface area contributed by atoms with Gasteiger partial charge in [0.1, 0.15) is 12.7 Å². The molecule has 0 aromatic carbocycles.